The molecule has 2 aromatic rings. The fourth-order valence-corrected chi connectivity index (χ4v) is 1.78. The number of pyridine rings is 1. The van der Waals surface area contributed by atoms with Crippen molar-refractivity contribution in [2.45, 2.75) is 19.3 Å². The molecule has 0 radical (unpaired) electrons. The molecule has 0 atom stereocenters. The third-order valence-electron chi connectivity index (χ3n) is 2.55. The van der Waals surface area contributed by atoms with E-state index in [1.54, 1.807) is 24.5 Å². The third kappa shape index (κ3) is 4.19. The molecule has 1 N–H and O–H groups in total. The molecule has 0 aliphatic heterocycles. The van der Waals surface area contributed by atoms with Gasteiger partial charge in [0.15, 0.2) is 0 Å². The predicted molar refractivity (Wildman–Crippen MR) is 71.1 cm³/mol. The zero-order valence-electron chi connectivity index (χ0n) is 10.6. The Labute approximate surface area is 122 Å². The van der Waals surface area contributed by atoms with E-state index in [0.717, 1.165) is 11.8 Å². The van der Waals surface area contributed by atoms with E-state index in [2.05, 4.69) is 15.4 Å². The fourth-order valence-electron chi connectivity index (χ4n) is 1.57. The van der Waals surface area contributed by atoms with Crippen LogP contribution in [0.4, 0.5) is 18.9 Å². The minimum absolute atomic E-state index is 0.178. The Morgan fingerprint density at radius 2 is 1.95 bits per heavy atom. The van der Waals surface area contributed by atoms with Crippen LogP contribution >= 0.6 is 11.6 Å². The van der Waals surface area contributed by atoms with E-state index in [9.17, 15) is 18.0 Å². The molecule has 0 bridgehead atoms. The van der Waals surface area contributed by atoms with Gasteiger partial charge in [0.05, 0.1) is 11.9 Å². The molecule has 2 heterocycles. The van der Waals surface area contributed by atoms with E-state index in [4.69, 9.17) is 11.6 Å². The van der Waals surface area contributed by atoms with Crippen LogP contribution < -0.4 is 10.9 Å². The molecule has 21 heavy (non-hydrogen) atoms. The second-order valence-corrected chi connectivity index (χ2v) is 4.54. The number of alkyl halides is 3. The van der Waals surface area contributed by atoms with Crippen molar-refractivity contribution in [2.24, 2.45) is 0 Å². The molecule has 5 nitrogen and oxygen atoms in total. The van der Waals surface area contributed by atoms with E-state index in [1.807, 2.05) is 0 Å². The van der Waals surface area contributed by atoms with E-state index >= 15 is 0 Å². The van der Waals surface area contributed by atoms with Gasteiger partial charge >= 0.3 is 6.18 Å². The second-order valence-electron chi connectivity index (χ2n) is 4.16. The Kier molecular flexibility index (Phi) is 4.46. The van der Waals surface area contributed by atoms with Crippen molar-refractivity contribution in [3.05, 3.63) is 51.7 Å². The highest BCUT2D eigenvalue weighted by Gasteiger charge is 2.29. The first kappa shape index (κ1) is 15.3. The molecule has 2 aromatic heterocycles. The molecule has 9 heteroatoms. The van der Waals surface area contributed by atoms with Gasteiger partial charge in [0, 0.05) is 18.9 Å². The van der Waals surface area contributed by atoms with Gasteiger partial charge in [-0.05, 0) is 17.7 Å². The molecule has 0 saturated carbocycles. The van der Waals surface area contributed by atoms with Crippen LogP contribution in [0.3, 0.4) is 0 Å². The molecular weight excluding hydrogens is 309 g/mol. The predicted octanol–water partition coefficient (Wildman–Crippen LogP) is 2.47. The molecule has 0 aromatic carbocycles. The Morgan fingerprint density at radius 1 is 1.29 bits per heavy atom. The quantitative estimate of drug-likeness (QED) is 0.941. The molecule has 0 spiro atoms. The van der Waals surface area contributed by atoms with Crippen LogP contribution in [0.5, 0.6) is 0 Å². The topological polar surface area (TPSA) is 59.8 Å². The number of hydrogen-bond donors (Lipinski definition) is 1. The number of halogens is 4. The van der Waals surface area contributed by atoms with Gasteiger partial charge in [-0.2, -0.15) is 18.3 Å². The Balaban J connectivity index is 2.15. The number of hydrogen-bond acceptors (Lipinski definition) is 4. The minimum Gasteiger partial charge on any atom is -0.378 e. The number of rotatable bonds is 4. The van der Waals surface area contributed by atoms with Crippen molar-refractivity contribution in [3.63, 3.8) is 0 Å². The van der Waals surface area contributed by atoms with Crippen molar-refractivity contribution >= 4 is 17.3 Å². The number of anilines is 1. The monoisotopic (exact) mass is 318 g/mol. The summed E-state index contributed by atoms with van der Waals surface area (Å²) in [6.45, 7) is -1.14. The Bertz CT molecular complexity index is 672. The highest BCUT2D eigenvalue weighted by molar-refractivity contribution is 6.32. The van der Waals surface area contributed by atoms with E-state index in [-0.39, 0.29) is 15.4 Å². The lowest BCUT2D eigenvalue weighted by molar-refractivity contribution is -0.143. The van der Waals surface area contributed by atoms with Gasteiger partial charge < -0.3 is 5.32 Å². The van der Waals surface area contributed by atoms with Gasteiger partial charge in [-0.1, -0.05) is 11.6 Å². The molecule has 0 saturated heterocycles. The molecule has 0 aliphatic carbocycles. The summed E-state index contributed by atoms with van der Waals surface area (Å²) in [6, 6.07) is 3.50. The van der Waals surface area contributed by atoms with Crippen molar-refractivity contribution < 1.29 is 13.2 Å². The third-order valence-corrected chi connectivity index (χ3v) is 2.91. The smallest absolute Gasteiger partial charge is 0.378 e. The van der Waals surface area contributed by atoms with Gasteiger partial charge in [-0.3, -0.25) is 9.78 Å². The summed E-state index contributed by atoms with van der Waals surface area (Å²) >= 11 is 5.78. The maximum Gasteiger partial charge on any atom is 0.408 e. The fraction of sp³-hybridized carbons (Fsp3) is 0.250. The molecule has 2 rings (SSSR count). The van der Waals surface area contributed by atoms with Crippen LogP contribution in [-0.2, 0) is 13.1 Å². The lowest BCUT2D eigenvalue weighted by atomic mass is 10.2. The van der Waals surface area contributed by atoms with E-state index < -0.39 is 18.3 Å². The van der Waals surface area contributed by atoms with Crippen molar-refractivity contribution in [2.75, 3.05) is 5.32 Å². The van der Waals surface area contributed by atoms with Crippen LogP contribution in [0, 0.1) is 0 Å². The molecule has 112 valence electrons. The van der Waals surface area contributed by atoms with Gasteiger partial charge in [0.2, 0.25) is 0 Å². The summed E-state index contributed by atoms with van der Waals surface area (Å²) < 4.78 is 37.1. The average Bonchev–Trinajstić information content (AvgIpc) is 2.43. The molecular formula is C12H10ClF3N4O. The van der Waals surface area contributed by atoms with Crippen LogP contribution in [0.1, 0.15) is 5.56 Å². The summed E-state index contributed by atoms with van der Waals surface area (Å²) in [5.74, 6) is 0. The van der Waals surface area contributed by atoms with Crippen molar-refractivity contribution in [3.8, 4) is 0 Å². The van der Waals surface area contributed by atoms with Crippen molar-refractivity contribution in [1.82, 2.24) is 14.8 Å². The van der Waals surface area contributed by atoms with Crippen molar-refractivity contribution in [1.29, 1.82) is 0 Å². The number of nitrogens with one attached hydrogen (secondary N) is 1. The molecule has 0 amide bonds. The summed E-state index contributed by atoms with van der Waals surface area (Å²) in [5, 5.41) is 5.97. The van der Waals surface area contributed by atoms with E-state index in [1.165, 1.54) is 0 Å². The lowest BCUT2D eigenvalue weighted by Gasteiger charge is -2.11. The summed E-state index contributed by atoms with van der Waals surface area (Å²) in [7, 11) is 0. The maximum atomic E-state index is 12.3. The standard InChI is InChI=1S/C12H10ClF3N4O/c13-10-9(18-5-8-1-3-17-4-2-8)6-19-20(11(10)21)7-12(14,15)16/h1-4,6,18H,5,7H2. The molecule has 0 unspecified atom stereocenters. The van der Waals surface area contributed by atoms with Crippen LogP contribution in [0.2, 0.25) is 5.02 Å². The number of aromatic nitrogens is 3. The second kappa shape index (κ2) is 6.13. The Morgan fingerprint density at radius 3 is 2.57 bits per heavy atom. The summed E-state index contributed by atoms with van der Waals surface area (Å²) in [5.41, 5.74) is 0.0613. The van der Waals surface area contributed by atoms with Gasteiger partial charge in [-0.25, -0.2) is 4.68 Å². The Hall–Kier alpha value is -2.09. The lowest BCUT2D eigenvalue weighted by Crippen LogP contribution is -2.30. The zero-order chi connectivity index (χ0) is 15.5. The highest BCUT2D eigenvalue weighted by atomic mass is 35.5. The largest absolute Gasteiger partial charge is 0.408 e. The molecule has 0 fully saturated rings. The average molecular weight is 319 g/mol. The summed E-state index contributed by atoms with van der Waals surface area (Å²) in [4.78, 5) is 15.5. The SMILES string of the molecule is O=c1c(Cl)c(NCc2ccncc2)cnn1CC(F)(F)F. The van der Waals surface area contributed by atoms with Crippen LogP contribution in [0.15, 0.2) is 35.5 Å². The maximum absolute atomic E-state index is 12.3. The number of nitrogens with zero attached hydrogens (tertiary/aromatic N) is 3. The van der Waals surface area contributed by atoms with Gasteiger partial charge in [0.25, 0.3) is 5.56 Å². The highest BCUT2D eigenvalue weighted by Crippen LogP contribution is 2.19. The molecule has 0 aliphatic rings. The normalized spacial score (nSPS) is 11.4. The minimum atomic E-state index is -4.54. The first-order chi connectivity index (χ1) is 9.87. The first-order valence-electron chi connectivity index (χ1n) is 5.82. The van der Waals surface area contributed by atoms with E-state index in [0.29, 0.717) is 6.54 Å². The van der Waals surface area contributed by atoms with Gasteiger partial charge in [0.1, 0.15) is 11.6 Å². The first-order valence-corrected chi connectivity index (χ1v) is 6.20. The summed E-state index contributed by atoms with van der Waals surface area (Å²) in [6.07, 6.45) is -0.251. The van der Waals surface area contributed by atoms with Crippen LogP contribution in [-0.4, -0.2) is 20.9 Å². The van der Waals surface area contributed by atoms with Gasteiger partial charge in [-0.15, -0.1) is 0 Å². The van der Waals surface area contributed by atoms with Crippen LogP contribution in [0.25, 0.3) is 0 Å². The zero-order valence-corrected chi connectivity index (χ0v) is 11.3.